The van der Waals surface area contributed by atoms with Crippen LogP contribution in [0.5, 0.6) is 5.75 Å². The minimum atomic E-state index is -0.0168. The maximum absolute atomic E-state index is 11.9. The number of hydrogen-bond donors (Lipinski definition) is 1. The van der Waals surface area contributed by atoms with Gasteiger partial charge in [-0.3, -0.25) is 4.79 Å². The van der Waals surface area contributed by atoms with Crippen LogP contribution >= 0.6 is 0 Å². The minimum Gasteiger partial charge on any atom is -0.497 e. The largest absolute Gasteiger partial charge is 0.497 e. The number of nitrogens with zero attached hydrogens (tertiary/aromatic N) is 1. The van der Waals surface area contributed by atoms with Crippen LogP contribution in [0.1, 0.15) is 24.8 Å². The quantitative estimate of drug-likeness (QED) is 0.586. The van der Waals surface area contributed by atoms with Crippen LogP contribution in [0.3, 0.4) is 0 Å². The van der Waals surface area contributed by atoms with Gasteiger partial charge in [0.2, 0.25) is 5.91 Å². The first-order chi connectivity index (χ1) is 9.67. The highest BCUT2D eigenvalue weighted by Gasteiger charge is 2.04. The zero-order valence-electron chi connectivity index (χ0n) is 12.2. The Morgan fingerprint density at radius 1 is 1.35 bits per heavy atom. The van der Waals surface area contributed by atoms with Crippen molar-refractivity contribution < 1.29 is 14.6 Å². The molecule has 0 saturated heterocycles. The van der Waals surface area contributed by atoms with Crippen molar-refractivity contribution in [1.29, 1.82) is 0 Å². The molecule has 0 unspecified atom stereocenters. The monoisotopic (exact) mass is 277 g/mol. The molecular formula is C16H23NO3. The fraction of sp³-hybridized carbons (Fsp3) is 0.438. The standard InChI is InChI=1S/C16H23NO3/c1-17(11-4-3-5-12-18)16(19)10-9-14-7-6-8-15(13-14)20-2/h6-10,13,18H,3-5,11-12H2,1-2H3/b10-9+. The first kappa shape index (κ1) is 16.2. The summed E-state index contributed by atoms with van der Waals surface area (Å²) in [4.78, 5) is 13.6. The van der Waals surface area contributed by atoms with Gasteiger partial charge >= 0.3 is 0 Å². The lowest BCUT2D eigenvalue weighted by Gasteiger charge is -2.14. The highest BCUT2D eigenvalue weighted by molar-refractivity contribution is 5.91. The van der Waals surface area contributed by atoms with Crippen LogP contribution in [0, 0.1) is 0 Å². The van der Waals surface area contributed by atoms with E-state index < -0.39 is 0 Å². The second kappa shape index (κ2) is 9.15. The molecule has 1 aromatic carbocycles. The third kappa shape index (κ3) is 5.89. The first-order valence-corrected chi connectivity index (χ1v) is 6.85. The van der Waals surface area contributed by atoms with Crippen LogP contribution in [0.25, 0.3) is 6.08 Å². The molecule has 0 atom stereocenters. The first-order valence-electron chi connectivity index (χ1n) is 6.85. The second-order valence-corrected chi connectivity index (χ2v) is 4.65. The average Bonchev–Trinajstić information content (AvgIpc) is 2.49. The van der Waals surface area contributed by atoms with Gasteiger partial charge in [0, 0.05) is 26.3 Å². The smallest absolute Gasteiger partial charge is 0.246 e. The van der Waals surface area contributed by atoms with Crippen LogP contribution in [0.4, 0.5) is 0 Å². The van der Waals surface area contributed by atoms with Crippen molar-refractivity contribution in [2.24, 2.45) is 0 Å². The Hall–Kier alpha value is -1.81. The fourth-order valence-electron chi connectivity index (χ4n) is 1.79. The van der Waals surface area contributed by atoms with Gasteiger partial charge in [0.05, 0.1) is 7.11 Å². The Labute approximate surface area is 120 Å². The van der Waals surface area contributed by atoms with Gasteiger partial charge in [-0.1, -0.05) is 12.1 Å². The predicted octanol–water partition coefficient (Wildman–Crippen LogP) is 2.33. The van der Waals surface area contributed by atoms with E-state index in [1.54, 1.807) is 31.2 Å². The second-order valence-electron chi connectivity index (χ2n) is 4.65. The number of carbonyl (C=O) groups excluding carboxylic acids is 1. The third-order valence-corrected chi connectivity index (χ3v) is 3.04. The molecule has 110 valence electrons. The molecule has 0 bridgehead atoms. The number of rotatable bonds is 8. The summed E-state index contributed by atoms with van der Waals surface area (Å²) >= 11 is 0. The normalized spacial score (nSPS) is 10.8. The maximum atomic E-state index is 11.9. The Bertz CT molecular complexity index is 443. The molecule has 20 heavy (non-hydrogen) atoms. The van der Waals surface area contributed by atoms with Crippen LogP contribution in [-0.4, -0.2) is 43.2 Å². The molecule has 0 radical (unpaired) electrons. The van der Waals surface area contributed by atoms with Gasteiger partial charge in [0.1, 0.15) is 5.75 Å². The molecule has 0 saturated carbocycles. The number of unbranched alkanes of at least 4 members (excludes halogenated alkanes) is 2. The Morgan fingerprint density at radius 2 is 2.15 bits per heavy atom. The van der Waals surface area contributed by atoms with E-state index >= 15 is 0 Å². The molecule has 1 rings (SSSR count). The van der Waals surface area contributed by atoms with E-state index in [1.807, 2.05) is 24.3 Å². The highest BCUT2D eigenvalue weighted by Crippen LogP contribution is 2.13. The Morgan fingerprint density at radius 3 is 2.85 bits per heavy atom. The summed E-state index contributed by atoms with van der Waals surface area (Å²) in [5.74, 6) is 0.758. The minimum absolute atomic E-state index is 0.0168. The zero-order chi connectivity index (χ0) is 14.8. The fourth-order valence-corrected chi connectivity index (χ4v) is 1.79. The van der Waals surface area contributed by atoms with Crippen LogP contribution in [-0.2, 0) is 4.79 Å². The van der Waals surface area contributed by atoms with Crippen molar-refractivity contribution in [3.05, 3.63) is 35.9 Å². The molecular weight excluding hydrogens is 254 g/mol. The highest BCUT2D eigenvalue weighted by atomic mass is 16.5. The van der Waals surface area contributed by atoms with Crippen molar-refractivity contribution in [2.45, 2.75) is 19.3 Å². The van der Waals surface area contributed by atoms with Gasteiger partial charge in [0.15, 0.2) is 0 Å². The molecule has 4 nitrogen and oxygen atoms in total. The molecule has 0 heterocycles. The summed E-state index contributed by atoms with van der Waals surface area (Å²) < 4.78 is 5.14. The zero-order valence-corrected chi connectivity index (χ0v) is 12.2. The SMILES string of the molecule is COc1cccc(/C=C/C(=O)N(C)CCCCCO)c1. The van der Waals surface area contributed by atoms with E-state index in [9.17, 15) is 4.79 Å². The number of methoxy groups -OCH3 is 1. The summed E-state index contributed by atoms with van der Waals surface area (Å²) in [5, 5.41) is 8.69. The number of benzene rings is 1. The molecule has 0 fully saturated rings. The van der Waals surface area contributed by atoms with Crippen molar-refractivity contribution >= 4 is 12.0 Å². The molecule has 0 aliphatic rings. The maximum Gasteiger partial charge on any atom is 0.246 e. The summed E-state index contributed by atoms with van der Waals surface area (Å²) in [5.41, 5.74) is 0.936. The van der Waals surface area contributed by atoms with Crippen molar-refractivity contribution in [3.8, 4) is 5.75 Å². The summed E-state index contributed by atoms with van der Waals surface area (Å²) in [6.07, 6.45) is 6.00. The van der Waals surface area contributed by atoms with Gasteiger partial charge in [-0.15, -0.1) is 0 Å². The molecule has 1 aromatic rings. The lowest BCUT2D eigenvalue weighted by molar-refractivity contribution is -0.124. The van der Waals surface area contributed by atoms with Gasteiger partial charge in [-0.2, -0.15) is 0 Å². The van der Waals surface area contributed by atoms with Crippen molar-refractivity contribution in [2.75, 3.05) is 27.3 Å². The van der Waals surface area contributed by atoms with Crippen LogP contribution in [0.2, 0.25) is 0 Å². The van der Waals surface area contributed by atoms with E-state index in [1.165, 1.54) is 0 Å². The number of aliphatic hydroxyl groups is 1. The summed E-state index contributed by atoms with van der Waals surface area (Å²) in [6, 6.07) is 7.56. The number of ether oxygens (including phenoxy) is 1. The van der Waals surface area contributed by atoms with Crippen LogP contribution < -0.4 is 4.74 Å². The topological polar surface area (TPSA) is 49.8 Å². The lowest BCUT2D eigenvalue weighted by Crippen LogP contribution is -2.25. The molecule has 0 spiro atoms. The van der Waals surface area contributed by atoms with Gasteiger partial charge in [-0.05, 0) is 43.0 Å². The Kier molecular flexibility index (Phi) is 7.43. The van der Waals surface area contributed by atoms with E-state index in [2.05, 4.69) is 0 Å². The van der Waals surface area contributed by atoms with Crippen molar-refractivity contribution in [3.63, 3.8) is 0 Å². The number of amides is 1. The molecule has 1 N–H and O–H groups in total. The van der Waals surface area contributed by atoms with E-state index in [0.717, 1.165) is 30.6 Å². The number of aliphatic hydroxyl groups excluding tert-OH is 1. The molecule has 1 amide bonds. The molecule has 4 heteroatoms. The van der Waals surface area contributed by atoms with Gasteiger partial charge in [0.25, 0.3) is 0 Å². The van der Waals surface area contributed by atoms with E-state index in [0.29, 0.717) is 6.54 Å². The summed E-state index contributed by atoms with van der Waals surface area (Å²) in [6.45, 7) is 0.925. The number of carbonyl (C=O) groups is 1. The Balaban J connectivity index is 2.45. The van der Waals surface area contributed by atoms with Gasteiger partial charge in [-0.25, -0.2) is 0 Å². The van der Waals surface area contributed by atoms with E-state index in [-0.39, 0.29) is 12.5 Å². The number of likely N-dealkylation sites (N-methyl/N-ethyl adjacent to an activating group) is 1. The van der Waals surface area contributed by atoms with Crippen LogP contribution in [0.15, 0.2) is 30.3 Å². The average molecular weight is 277 g/mol. The molecule has 0 aromatic heterocycles. The third-order valence-electron chi connectivity index (χ3n) is 3.04. The van der Waals surface area contributed by atoms with E-state index in [4.69, 9.17) is 9.84 Å². The van der Waals surface area contributed by atoms with Crippen molar-refractivity contribution in [1.82, 2.24) is 4.90 Å². The molecule has 0 aliphatic heterocycles. The number of hydrogen-bond acceptors (Lipinski definition) is 3. The lowest BCUT2D eigenvalue weighted by atomic mass is 10.2. The van der Waals surface area contributed by atoms with Gasteiger partial charge < -0.3 is 14.7 Å². The predicted molar refractivity (Wildman–Crippen MR) is 80.6 cm³/mol. The summed E-state index contributed by atoms with van der Waals surface area (Å²) in [7, 11) is 3.41. The molecule has 0 aliphatic carbocycles.